The van der Waals surface area contributed by atoms with Crippen LogP contribution in [-0.4, -0.2) is 45.4 Å². The Hall–Kier alpha value is -1.92. The summed E-state index contributed by atoms with van der Waals surface area (Å²) < 4.78 is 1.52. The van der Waals surface area contributed by atoms with Gasteiger partial charge in [-0.05, 0) is 30.5 Å². The van der Waals surface area contributed by atoms with Crippen LogP contribution in [0.4, 0.5) is 0 Å². The van der Waals surface area contributed by atoms with Gasteiger partial charge in [0.05, 0.1) is 16.9 Å². The van der Waals surface area contributed by atoms with Crippen molar-refractivity contribution in [2.75, 3.05) is 19.6 Å². The van der Waals surface area contributed by atoms with Crippen LogP contribution in [-0.2, 0) is 0 Å². The number of rotatable bonds is 3. The third kappa shape index (κ3) is 2.71. The Bertz CT molecular complexity index is 701. The molecule has 0 radical (unpaired) electrons. The van der Waals surface area contributed by atoms with E-state index in [1.165, 1.54) is 4.68 Å². The maximum absolute atomic E-state index is 12.5. The van der Waals surface area contributed by atoms with Gasteiger partial charge in [-0.25, -0.2) is 4.68 Å². The second-order valence-corrected chi connectivity index (χ2v) is 6.40. The average Bonchev–Trinajstić information content (AvgIpc) is 3.15. The predicted molar refractivity (Wildman–Crippen MR) is 84.1 cm³/mol. The molecule has 2 heterocycles. The number of nitrogens with zero attached hydrogens (tertiary/aromatic N) is 4. The van der Waals surface area contributed by atoms with Crippen LogP contribution < -0.4 is 5.73 Å². The number of nitrogens with two attached hydrogens (primary N) is 1. The standard InChI is InChI=1S/C15H18ClN5O/c1-15(9-17)6-7-20(10-15)14(22)12-8-21(19-18-12)13-5-3-2-4-11(13)16/h2-5,8H,6-7,9-10,17H2,1H3. The number of carbonyl (C=O) groups is 1. The summed E-state index contributed by atoms with van der Waals surface area (Å²) in [6.07, 6.45) is 2.52. The van der Waals surface area contributed by atoms with Crippen molar-refractivity contribution >= 4 is 17.5 Å². The van der Waals surface area contributed by atoms with Gasteiger partial charge in [0.1, 0.15) is 0 Å². The minimum Gasteiger partial charge on any atom is -0.337 e. The molecule has 22 heavy (non-hydrogen) atoms. The molecule has 1 fully saturated rings. The van der Waals surface area contributed by atoms with Crippen molar-refractivity contribution in [3.05, 3.63) is 41.2 Å². The van der Waals surface area contributed by atoms with Gasteiger partial charge in [0.2, 0.25) is 0 Å². The van der Waals surface area contributed by atoms with Crippen LogP contribution in [0, 0.1) is 5.41 Å². The van der Waals surface area contributed by atoms with Gasteiger partial charge >= 0.3 is 0 Å². The fourth-order valence-corrected chi connectivity index (χ4v) is 2.87. The fraction of sp³-hybridized carbons (Fsp3) is 0.400. The molecule has 3 rings (SSSR count). The number of halogens is 1. The van der Waals surface area contributed by atoms with Crippen LogP contribution in [0.15, 0.2) is 30.5 Å². The monoisotopic (exact) mass is 319 g/mol. The molecule has 1 atom stereocenters. The molecule has 1 aliphatic heterocycles. The summed E-state index contributed by atoms with van der Waals surface area (Å²) in [7, 11) is 0. The largest absolute Gasteiger partial charge is 0.337 e. The van der Waals surface area contributed by atoms with Gasteiger partial charge in [-0.2, -0.15) is 0 Å². The van der Waals surface area contributed by atoms with Crippen molar-refractivity contribution in [1.29, 1.82) is 0 Å². The lowest BCUT2D eigenvalue weighted by atomic mass is 9.90. The minimum atomic E-state index is -0.115. The van der Waals surface area contributed by atoms with E-state index in [9.17, 15) is 4.79 Å². The molecule has 7 heteroatoms. The molecule has 1 aromatic carbocycles. The number of carbonyl (C=O) groups excluding carboxylic acids is 1. The second kappa shape index (κ2) is 5.70. The number of benzene rings is 1. The molecule has 0 saturated carbocycles. The maximum atomic E-state index is 12.5. The van der Waals surface area contributed by atoms with Crippen LogP contribution in [0.3, 0.4) is 0 Å². The van der Waals surface area contributed by atoms with Crippen molar-refractivity contribution in [1.82, 2.24) is 19.9 Å². The summed E-state index contributed by atoms with van der Waals surface area (Å²) in [5, 5.41) is 8.55. The van der Waals surface area contributed by atoms with E-state index in [2.05, 4.69) is 17.2 Å². The SMILES string of the molecule is CC1(CN)CCN(C(=O)c2cn(-c3ccccc3Cl)nn2)C1. The van der Waals surface area contributed by atoms with Crippen molar-refractivity contribution in [2.24, 2.45) is 11.1 Å². The van der Waals surface area contributed by atoms with E-state index in [-0.39, 0.29) is 11.3 Å². The zero-order valence-corrected chi connectivity index (χ0v) is 13.1. The molecule has 2 aromatic rings. The molecule has 0 aliphatic carbocycles. The van der Waals surface area contributed by atoms with Crippen LogP contribution in [0.2, 0.25) is 5.02 Å². The van der Waals surface area contributed by atoms with Crippen molar-refractivity contribution in [3.63, 3.8) is 0 Å². The van der Waals surface area contributed by atoms with E-state index in [0.29, 0.717) is 36.0 Å². The summed E-state index contributed by atoms with van der Waals surface area (Å²) in [4.78, 5) is 14.3. The zero-order valence-electron chi connectivity index (χ0n) is 12.4. The topological polar surface area (TPSA) is 77.0 Å². The quantitative estimate of drug-likeness (QED) is 0.934. The second-order valence-electron chi connectivity index (χ2n) is 5.99. The lowest BCUT2D eigenvalue weighted by Gasteiger charge is -2.21. The highest BCUT2D eigenvalue weighted by Crippen LogP contribution is 2.29. The Morgan fingerprint density at radius 3 is 2.91 bits per heavy atom. The number of para-hydroxylation sites is 1. The highest BCUT2D eigenvalue weighted by atomic mass is 35.5. The summed E-state index contributed by atoms with van der Waals surface area (Å²) >= 11 is 6.13. The molecule has 6 nitrogen and oxygen atoms in total. The lowest BCUT2D eigenvalue weighted by Crippen LogP contribution is -2.34. The third-order valence-corrected chi connectivity index (χ3v) is 4.47. The molecule has 116 valence electrons. The van der Waals surface area contributed by atoms with Crippen LogP contribution in [0.5, 0.6) is 0 Å². The molecule has 2 N–H and O–H groups in total. The van der Waals surface area contributed by atoms with Gasteiger partial charge in [-0.1, -0.05) is 35.9 Å². The third-order valence-electron chi connectivity index (χ3n) is 4.15. The van der Waals surface area contributed by atoms with E-state index in [1.807, 2.05) is 18.2 Å². The fourth-order valence-electron chi connectivity index (χ4n) is 2.64. The van der Waals surface area contributed by atoms with Crippen molar-refractivity contribution in [3.8, 4) is 5.69 Å². The van der Waals surface area contributed by atoms with Crippen molar-refractivity contribution in [2.45, 2.75) is 13.3 Å². The summed E-state index contributed by atoms with van der Waals surface area (Å²) in [6.45, 7) is 4.02. The van der Waals surface area contributed by atoms with E-state index in [4.69, 9.17) is 17.3 Å². The number of hydrogen-bond donors (Lipinski definition) is 1. The summed E-state index contributed by atoms with van der Waals surface area (Å²) in [6, 6.07) is 7.30. The first-order chi connectivity index (χ1) is 10.5. The first-order valence-electron chi connectivity index (χ1n) is 7.19. The average molecular weight is 320 g/mol. The Kier molecular flexibility index (Phi) is 3.88. The van der Waals surface area contributed by atoms with Crippen LogP contribution >= 0.6 is 11.6 Å². The maximum Gasteiger partial charge on any atom is 0.276 e. The molecule has 1 unspecified atom stereocenters. The number of hydrogen-bond acceptors (Lipinski definition) is 4. The summed E-state index contributed by atoms with van der Waals surface area (Å²) in [5.74, 6) is -0.115. The van der Waals surface area contributed by atoms with Gasteiger partial charge in [0.25, 0.3) is 5.91 Å². The molecule has 0 bridgehead atoms. The summed E-state index contributed by atoms with van der Waals surface area (Å²) in [5.41, 5.74) is 6.79. The highest BCUT2D eigenvalue weighted by Gasteiger charge is 2.36. The molecule has 1 amide bonds. The van der Waals surface area contributed by atoms with E-state index < -0.39 is 0 Å². The number of aromatic nitrogens is 3. The Labute approximate surface area is 133 Å². The molecular weight excluding hydrogens is 302 g/mol. The number of amides is 1. The van der Waals surface area contributed by atoms with Gasteiger partial charge < -0.3 is 10.6 Å². The van der Waals surface area contributed by atoms with Crippen molar-refractivity contribution < 1.29 is 4.79 Å². The van der Waals surface area contributed by atoms with Crippen LogP contribution in [0.25, 0.3) is 5.69 Å². The Morgan fingerprint density at radius 1 is 1.45 bits per heavy atom. The molecular formula is C15H18ClN5O. The first-order valence-corrected chi connectivity index (χ1v) is 7.57. The van der Waals surface area contributed by atoms with E-state index >= 15 is 0 Å². The van der Waals surface area contributed by atoms with Gasteiger partial charge in [0.15, 0.2) is 5.69 Å². The van der Waals surface area contributed by atoms with E-state index in [1.54, 1.807) is 17.2 Å². The zero-order chi connectivity index (χ0) is 15.7. The highest BCUT2D eigenvalue weighted by molar-refractivity contribution is 6.32. The molecule has 1 aromatic heterocycles. The van der Waals surface area contributed by atoms with Crippen LogP contribution in [0.1, 0.15) is 23.8 Å². The molecule has 1 aliphatic rings. The van der Waals surface area contributed by atoms with Gasteiger partial charge in [0, 0.05) is 13.1 Å². The molecule has 0 spiro atoms. The molecule has 1 saturated heterocycles. The normalized spacial score (nSPS) is 21.3. The smallest absolute Gasteiger partial charge is 0.276 e. The number of likely N-dealkylation sites (tertiary alicyclic amines) is 1. The van der Waals surface area contributed by atoms with Gasteiger partial charge in [-0.15, -0.1) is 5.10 Å². The lowest BCUT2D eigenvalue weighted by molar-refractivity contribution is 0.0771. The van der Waals surface area contributed by atoms with Gasteiger partial charge in [-0.3, -0.25) is 4.79 Å². The Balaban J connectivity index is 1.80. The predicted octanol–water partition coefficient (Wildman–Crippen LogP) is 1.73. The first kappa shape index (κ1) is 15.0. The minimum absolute atomic E-state index is 0.00556. The Morgan fingerprint density at radius 2 is 2.23 bits per heavy atom. The van der Waals surface area contributed by atoms with E-state index in [0.717, 1.165) is 6.42 Å².